The molecule has 0 spiro atoms. The number of pyridine rings is 1. The van der Waals surface area contributed by atoms with E-state index in [1.54, 1.807) is 6.07 Å². The molecule has 1 aliphatic rings. The summed E-state index contributed by atoms with van der Waals surface area (Å²) in [5, 5.41) is 2.62. The number of carbonyl (C=O) groups excluding carboxylic acids is 1. The molecule has 1 aromatic carbocycles. The Kier molecular flexibility index (Phi) is 5.19. The molecule has 0 saturated heterocycles. The van der Waals surface area contributed by atoms with E-state index in [4.69, 9.17) is 0 Å². The highest BCUT2D eigenvalue weighted by atomic mass is 19.1. The van der Waals surface area contributed by atoms with E-state index in [9.17, 15) is 23.2 Å². The van der Waals surface area contributed by atoms with Crippen molar-refractivity contribution < 1.29 is 13.6 Å². The largest absolute Gasteiger partial charge is 0.348 e. The Morgan fingerprint density at radius 1 is 1.20 bits per heavy atom. The lowest BCUT2D eigenvalue weighted by molar-refractivity contribution is 0.0952. The average molecular weight is 414 g/mol. The molecule has 0 radical (unpaired) electrons. The Hall–Kier alpha value is -3.36. The van der Waals surface area contributed by atoms with Crippen molar-refractivity contribution in [2.75, 3.05) is 0 Å². The van der Waals surface area contributed by atoms with Crippen LogP contribution < -0.4 is 16.6 Å². The van der Waals surface area contributed by atoms with Gasteiger partial charge in [-0.25, -0.2) is 18.6 Å². The maximum atomic E-state index is 13.4. The van der Waals surface area contributed by atoms with Gasteiger partial charge >= 0.3 is 5.69 Å². The van der Waals surface area contributed by atoms with Crippen LogP contribution in [-0.2, 0) is 13.1 Å². The third-order valence-electron chi connectivity index (χ3n) is 5.03. The van der Waals surface area contributed by atoms with Crippen LogP contribution in [0.3, 0.4) is 0 Å². The molecule has 0 aliphatic heterocycles. The number of rotatable bonds is 6. The third kappa shape index (κ3) is 3.87. The smallest absolute Gasteiger partial charge is 0.329 e. The van der Waals surface area contributed by atoms with Gasteiger partial charge in [-0.1, -0.05) is 6.92 Å². The highest BCUT2D eigenvalue weighted by Gasteiger charge is 2.28. The first-order chi connectivity index (χ1) is 14.4. The Morgan fingerprint density at radius 3 is 2.53 bits per heavy atom. The van der Waals surface area contributed by atoms with Gasteiger partial charge in [-0.2, -0.15) is 0 Å². The summed E-state index contributed by atoms with van der Waals surface area (Å²) in [5.74, 6) is -1.89. The molecule has 2 aromatic heterocycles. The van der Waals surface area contributed by atoms with Gasteiger partial charge in [0.15, 0.2) is 5.65 Å². The van der Waals surface area contributed by atoms with E-state index in [0.717, 1.165) is 31.0 Å². The minimum Gasteiger partial charge on any atom is -0.348 e. The number of hydrogen-bond acceptors (Lipinski definition) is 4. The first-order valence-electron chi connectivity index (χ1n) is 9.78. The Bertz CT molecular complexity index is 1240. The first-order valence-corrected chi connectivity index (χ1v) is 9.78. The van der Waals surface area contributed by atoms with Crippen molar-refractivity contribution in [3.63, 3.8) is 0 Å². The molecule has 30 heavy (non-hydrogen) atoms. The van der Waals surface area contributed by atoms with Crippen LogP contribution in [0.5, 0.6) is 0 Å². The molecule has 0 bridgehead atoms. The molecular formula is C21H20F2N4O3. The van der Waals surface area contributed by atoms with Crippen molar-refractivity contribution in [2.24, 2.45) is 0 Å². The second-order valence-electron chi connectivity index (χ2n) is 7.44. The maximum absolute atomic E-state index is 13.4. The van der Waals surface area contributed by atoms with Gasteiger partial charge in [0.1, 0.15) is 11.6 Å². The van der Waals surface area contributed by atoms with Gasteiger partial charge in [-0.3, -0.25) is 19.1 Å². The van der Waals surface area contributed by atoms with E-state index in [0.29, 0.717) is 18.7 Å². The molecule has 3 aromatic rings. The van der Waals surface area contributed by atoms with Gasteiger partial charge in [0.05, 0.1) is 10.9 Å². The standard InChI is InChI=1S/C21H20F2N4O3/c1-2-5-27-18-17(20(29)26-21(27)30)15(9-16(25-18)12-3-4-12)19(28)24-10-11-6-13(22)8-14(23)7-11/h6-9,12H,2-5,10H2,1H3,(H,24,28)(H,26,29,30). The molecular weight excluding hydrogens is 394 g/mol. The van der Waals surface area contributed by atoms with Crippen LogP contribution in [0.2, 0.25) is 0 Å². The second-order valence-corrected chi connectivity index (χ2v) is 7.44. The molecule has 0 atom stereocenters. The van der Waals surface area contributed by atoms with Crippen molar-refractivity contribution in [1.82, 2.24) is 19.9 Å². The van der Waals surface area contributed by atoms with Gasteiger partial charge < -0.3 is 5.32 Å². The zero-order valence-electron chi connectivity index (χ0n) is 16.3. The molecule has 0 unspecified atom stereocenters. The number of aryl methyl sites for hydroxylation is 1. The zero-order chi connectivity index (χ0) is 21.4. The number of fused-ring (bicyclic) bond motifs is 1. The van der Waals surface area contributed by atoms with E-state index in [1.807, 2.05) is 6.92 Å². The van der Waals surface area contributed by atoms with Crippen LogP contribution in [0.25, 0.3) is 11.0 Å². The van der Waals surface area contributed by atoms with Gasteiger partial charge in [0, 0.05) is 30.8 Å². The third-order valence-corrected chi connectivity index (χ3v) is 5.03. The summed E-state index contributed by atoms with van der Waals surface area (Å²) in [6.07, 6.45) is 2.48. The van der Waals surface area contributed by atoms with Gasteiger partial charge in [0.25, 0.3) is 11.5 Å². The summed E-state index contributed by atoms with van der Waals surface area (Å²) in [7, 11) is 0. The lowest BCUT2D eigenvalue weighted by Gasteiger charge is -2.13. The quantitative estimate of drug-likeness (QED) is 0.648. The minimum atomic E-state index is -0.746. The number of halogens is 2. The van der Waals surface area contributed by atoms with Crippen molar-refractivity contribution in [2.45, 2.75) is 45.2 Å². The number of H-pyrrole nitrogens is 1. The second kappa shape index (κ2) is 7.81. The molecule has 1 fully saturated rings. The van der Waals surface area contributed by atoms with Crippen LogP contribution in [0, 0.1) is 11.6 Å². The number of aromatic amines is 1. The monoisotopic (exact) mass is 414 g/mol. The SMILES string of the molecule is CCCn1c(=O)[nH]c(=O)c2c(C(=O)NCc3cc(F)cc(F)c3)cc(C3CC3)nc21. The van der Waals surface area contributed by atoms with Gasteiger partial charge in [-0.05, 0) is 43.0 Å². The van der Waals surface area contributed by atoms with E-state index in [1.165, 1.54) is 4.57 Å². The van der Waals surface area contributed by atoms with Gasteiger partial charge in [-0.15, -0.1) is 0 Å². The Labute approximate surface area is 169 Å². The first kappa shape index (κ1) is 19.9. The zero-order valence-corrected chi connectivity index (χ0v) is 16.3. The van der Waals surface area contributed by atoms with Crippen molar-refractivity contribution in [3.05, 3.63) is 73.6 Å². The van der Waals surface area contributed by atoms with Crippen molar-refractivity contribution in [3.8, 4) is 0 Å². The molecule has 7 nitrogen and oxygen atoms in total. The predicted molar refractivity (Wildman–Crippen MR) is 106 cm³/mol. The van der Waals surface area contributed by atoms with Crippen LogP contribution >= 0.6 is 0 Å². The fraction of sp³-hybridized carbons (Fsp3) is 0.333. The Balaban J connectivity index is 1.78. The van der Waals surface area contributed by atoms with E-state index < -0.39 is 28.8 Å². The van der Waals surface area contributed by atoms with Crippen molar-refractivity contribution >= 4 is 16.9 Å². The molecule has 156 valence electrons. The number of nitrogens with one attached hydrogen (secondary N) is 2. The molecule has 1 amide bonds. The summed E-state index contributed by atoms with van der Waals surface area (Å²) < 4.78 is 28.2. The molecule has 2 N–H and O–H groups in total. The summed E-state index contributed by atoms with van der Waals surface area (Å²) in [5.41, 5.74) is -0.102. The topological polar surface area (TPSA) is 96.9 Å². The predicted octanol–water partition coefficient (Wildman–Crippen LogP) is 2.58. The normalized spacial score (nSPS) is 13.6. The van der Waals surface area contributed by atoms with Crippen molar-refractivity contribution in [1.29, 1.82) is 0 Å². The summed E-state index contributed by atoms with van der Waals surface area (Å²) in [6, 6.07) is 4.55. The number of hydrogen-bond donors (Lipinski definition) is 2. The van der Waals surface area contributed by atoms with E-state index in [-0.39, 0.29) is 34.6 Å². The summed E-state index contributed by atoms with van der Waals surface area (Å²) >= 11 is 0. The van der Waals surface area contributed by atoms with Gasteiger partial charge in [0.2, 0.25) is 0 Å². The van der Waals surface area contributed by atoms with E-state index in [2.05, 4.69) is 15.3 Å². The molecule has 9 heteroatoms. The van der Waals surface area contributed by atoms with Crippen LogP contribution in [-0.4, -0.2) is 20.4 Å². The summed E-state index contributed by atoms with van der Waals surface area (Å²) in [4.78, 5) is 44.6. The number of aromatic nitrogens is 3. The number of nitrogens with zero attached hydrogens (tertiary/aromatic N) is 2. The number of benzene rings is 1. The molecule has 1 aliphatic carbocycles. The Morgan fingerprint density at radius 2 is 1.90 bits per heavy atom. The average Bonchev–Trinajstić information content (AvgIpc) is 3.53. The summed E-state index contributed by atoms with van der Waals surface area (Å²) in [6.45, 7) is 2.11. The lowest BCUT2D eigenvalue weighted by Crippen LogP contribution is -2.33. The lowest BCUT2D eigenvalue weighted by atomic mass is 10.1. The fourth-order valence-electron chi connectivity index (χ4n) is 3.48. The highest BCUT2D eigenvalue weighted by molar-refractivity contribution is 6.05. The maximum Gasteiger partial charge on any atom is 0.329 e. The number of amides is 1. The minimum absolute atomic E-state index is 0.0235. The molecule has 2 heterocycles. The molecule has 1 saturated carbocycles. The molecule has 4 rings (SSSR count). The fourth-order valence-corrected chi connectivity index (χ4v) is 3.48. The van der Waals surface area contributed by atoms with Crippen LogP contribution in [0.1, 0.15) is 53.7 Å². The van der Waals surface area contributed by atoms with E-state index >= 15 is 0 Å². The van der Waals surface area contributed by atoms with Crippen LogP contribution in [0.4, 0.5) is 8.78 Å². The number of carbonyl (C=O) groups is 1. The van der Waals surface area contributed by atoms with Crippen LogP contribution in [0.15, 0.2) is 33.9 Å². The highest BCUT2D eigenvalue weighted by Crippen LogP contribution is 2.39.